The summed E-state index contributed by atoms with van der Waals surface area (Å²) >= 11 is 0. The van der Waals surface area contributed by atoms with Crippen LogP contribution in [0.1, 0.15) is 22.3 Å². The van der Waals surface area contributed by atoms with Gasteiger partial charge in [0.05, 0.1) is 22.6 Å². The van der Waals surface area contributed by atoms with E-state index in [9.17, 15) is 0 Å². The lowest BCUT2D eigenvalue weighted by atomic mass is 9.84. The van der Waals surface area contributed by atoms with Crippen LogP contribution in [0.15, 0.2) is 85.5 Å². The van der Waals surface area contributed by atoms with E-state index in [2.05, 4.69) is 75.5 Å². The standard InChI is InChI=1S/C21H21/c1-5-7-18(6-2)21(19-12-8-16(3)9-13-19)20-14-10-17(4)11-15-20/h5-15H,1-2H2,3-4H3/q+1/b18-7+. The van der Waals surface area contributed by atoms with Crippen LogP contribution in [0.5, 0.6) is 0 Å². The summed E-state index contributed by atoms with van der Waals surface area (Å²) < 4.78 is 0. The normalized spacial score (nSPS) is 11.0. The minimum Gasteiger partial charge on any atom is -0.0935 e. The fourth-order valence-corrected chi connectivity index (χ4v) is 2.32. The molecule has 2 aromatic carbocycles. The summed E-state index contributed by atoms with van der Waals surface area (Å²) in [5, 5.41) is 0. The van der Waals surface area contributed by atoms with Gasteiger partial charge in [0.1, 0.15) is 0 Å². The first kappa shape index (κ1) is 14.9. The van der Waals surface area contributed by atoms with Gasteiger partial charge < -0.3 is 0 Å². The third kappa shape index (κ3) is 3.55. The molecule has 0 aliphatic rings. The summed E-state index contributed by atoms with van der Waals surface area (Å²) in [5.74, 6) is 1.19. The maximum atomic E-state index is 3.95. The van der Waals surface area contributed by atoms with Crippen molar-refractivity contribution in [2.24, 2.45) is 0 Å². The monoisotopic (exact) mass is 273 g/mol. The first-order valence-corrected chi connectivity index (χ1v) is 7.12. The van der Waals surface area contributed by atoms with Crippen molar-refractivity contribution in [1.82, 2.24) is 0 Å². The lowest BCUT2D eigenvalue weighted by Crippen LogP contribution is -2.05. The minimum atomic E-state index is 1.08. The Morgan fingerprint density at radius 2 is 1.24 bits per heavy atom. The van der Waals surface area contributed by atoms with E-state index in [1.165, 1.54) is 28.2 Å². The van der Waals surface area contributed by atoms with Gasteiger partial charge in [-0.1, -0.05) is 13.2 Å². The van der Waals surface area contributed by atoms with Crippen LogP contribution < -0.4 is 0 Å². The Hall–Kier alpha value is -2.47. The molecule has 0 aliphatic heterocycles. The lowest BCUT2D eigenvalue weighted by Gasteiger charge is -2.14. The molecule has 0 unspecified atom stereocenters. The van der Waals surface area contributed by atoms with Crippen LogP contribution in [-0.2, 0) is 0 Å². The molecule has 0 aromatic heterocycles. The maximum absolute atomic E-state index is 3.95. The Bertz CT molecular complexity index is 594. The molecule has 0 saturated carbocycles. The van der Waals surface area contributed by atoms with Gasteiger partial charge in [0.15, 0.2) is 0 Å². The molecule has 0 amide bonds. The Morgan fingerprint density at radius 1 is 0.810 bits per heavy atom. The fraction of sp³-hybridized carbons (Fsp3) is 0.0952. The molecule has 0 spiro atoms. The van der Waals surface area contributed by atoms with E-state index >= 15 is 0 Å². The quantitative estimate of drug-likeness (QED) is 0.493. The smallest absolute Gasteiger partial charge is 0.0631 e. The van der Waals surface area contributed by atoms with Gasteiger partial charge in [-0.15, -0.1) is 0 Å². The van der Waals surface area contributed by atoms with Gasteiger partial charge in [-0.2, -0.15) is 0 Å². The van der Waals surface area contributed by atoms with Crippen LogP contribution >= 0.6 is 0 Å². The Balaban J connectivity index is 2.55. The van der Waals surface area contributed by atoms with E-state index in [-0.39, 0.29) is 0 Å². The van der Waals surface area contributed by atoms with Crippen LogP contribution in [-0.4, -0.2) is 0 Å². The van der Waals surface area contributed by atoms with Crippen LogP contribution in [0, 0.1) is 19.8 Å². The molecule has 0 heterocycles. The number of allylic oxidation sites excluding steroid dienone is 4. The summed E-state index contributed by atoms with van der Waals surface area (Å²) in [6, 6.07) is 17.2. The summed E-state index contributed by atoms with van der Waals surface area (Å²) in [4.78, 5) is 0. The molecule has 21 heavy (non-hydrogen) atoms. The summed E-state index contributed by atoms with van der Waals surface area (Å²) in [5.41, 5.74) is 5.98. The largest absolute Gasteiger partial charge is 0.0935 e. The molecule has 0 N–H and O–H groups in total. The zero-order valence-electron chi connectivity index (χ0n) is 12.8. The average Bonchev–Trinajstić information content (AvgIpc) is 2.50. The van der Waals surface area contributed by atoms with Gasteiger partial charge in [0.25, 0.3) is 0 Å². The highest BCUT2D eigenvalue weighted by atomic mass is 14.2. The van der Waals surface area contributed by atoms with Gasteiger partial charge in [0, 0.05) is 0 Å². The highest BCUT2D eigenvalue weighted by Crippen LogP contribution is 2.31. The SMILES string of the molecule is C=C/C=C(\C=C)[C+](c1ccc(C)cc1)c1ccc(C)cc1. The van der Waals surface area contributed by atoms with Gasteiger partial charge in [0.2, 0.25) is 0 Å². The molecule has 0 radical (unpaired) electrons. The molecule has 0 fully saturated rings. The highest BCUT2D eigenvalue weighted by molar-refractivity contribution is 5.59. The maximum Gasteiger partial charge on any atom is 0.0631 e. The van der Waals surface area contributed by atoms with Crippen LogP contribution in [0.4, 0.5) is 0 Å². The minimum absolute atomic E-state index is 1.08. The van der Waals surface area contributed by atoms with Crippen LogP contribution in [0.3, 0.4) is 0 Å². The van der Waals surface area contributed by atoms with Crippen molar-refractivity contribution >= 4 is 0 Å². The first-order chi connectivity index (χ1) is 10.2. The molecule has 0 atom stereocenters. The summed E-state index contributed by atoms with van der Waals surface area (Å²) in [6.45, 7) is 12.0. The molecule has 0 nitrogen and oxygen atoms in total. The summed E-state index contributed by atoms with van der Waals surface area (Å²) in [7, 11) is 0. The van der Waals surface area contributed by atoms with E-state index in [1.807, 2.05) is 12.2 Å². The molecule has 0 heteroatoms. The van der Waals surface area contributed by atoms with E-state index in [0.29, 0.717) is 0 Å². The van der Waals surface area contributed by atoms with Gasteiger partial charge in [-0.05, 0) is 91.7 Å². The zero-order chi connectivity index (χ0) is 15.2. The number of aryl methyl sites for hydroxylation is 2. The van der Waals surface area contributed by atoms with Crippen LogP contribution in [0.25, 0.3) is 0 Å². The molecular formula is C21H21+. The summed E-state index contributed by atoms with van der Waals surface area (Å²) in [6.07, 6.45) is 5.69. The van der Waals surface area contributed by atoms with Crippen LogP contribution in [0.2, 0.25) is 0 Å². The molecular weight excluding hydrogens is 252 g/mol. The fourth-order valence-electron chi connectivity index (χ4n) is 2.32. The van der Waals surface area contributed by atoms with E-state index < -0.39 is 0 Å². The Morgan fingerprint density at radius 3 is 1.57 bits per heavy atom. The lowest BCUT2D eigenvalue weighted by molar-refractivity contribution is 1.22. The second-order valence-electron chi connectivity index (χ2n) is 5.17. The van der Waals surface area contributed by atoms with Gasteiger partial charge in [-0.3, -0.25) is 0 Å². The number of hydrogen-bond donors (Lipinski definition) is 0. The molecule has 0 saturated heterocycles. The van der Waals surface area contributed by atoms with Crippen molar-refractivity contribution in [3.63, 3.8) is 0 Å². The molecule has 2 aromatic rings. The van der Waals surface area contributed by atoms with Gasteiger partial charge >= 0.3 is 0 Å². The van der Waals surface area contributed by atoms with E-state index in [4.69, 9.17) is 0 Å². The van der Waals surface area contributed by atoms with Crippen molar-refractivity contribution in [2.75, 3.05) is 0 Å². The van der Waals surface area contributed by atoms with Gasteiger partial charge in [-0.25, -0.2) is 0 Å². The number of hydrogen-bond acceptors (Lipinski definition) is 0. The molecule has 2 rings (SSSR count). The highest BCUT2D eigenvalue weighted by Gasteiger charge is 2.22. The Labute approximate surface area is 128 Å². The Kier molecular flexibility index (Phi) is 4.84. The predicted octanol–water partition coefficient (Wildman–Crippen LogP) is 5.57. The third-order valence-electron chi connectivity index (χ3n) is 3.49. The topological polar surface area (TPSA) is 0 Å². The third-order valence-corrected chi connectivity index (χ3v) is 3.49. The molecule has 0 bridgehead atoms. The zero-order valence-corrected chi connectivity index (χ0v) is 12.8. The second kappa shape index (κ2) is 6.81. The van der Waals surface area contributed by atoms with Crippen molar-refractivity contribution in [2.45, 2.75) is 13.8 Å². The van der Waals surface area contributed by atoms with Crippen molar-refractivity contribution in [1.29, 1.82) is 0 Å². The molecule has 104 valence electrons. The van der Waals surface area contributed by atoms with E-state index in [0.717, 1.165) is 5.57 Å². The first-order valence-electron chi connectivity index (χ1n) is 7.12. The average molecular weight is 273 g/mol. The number of rotatable bonds is 5. The van der Waals surface area contributed by atoms with E-state index in [1.54, 1.807) is 6.08 Å². The van der Waals surface area contributed by atoms with Crippen molar-refractivity contribution < 1.29 is 0 Å². The molecule has 0 aliphatic carbocycles. The number of benzene rings is 2. The predicted molar refractivity (Wildman–Crippen MR) is 92.3 cm³/mol. The van der Waals surface area contributed by atoms with Crippen molar-refractivity contribution in [3.05, 3.63) is 114 Å². The van der Waals surface area contributed by atoms with Crippen molar-refractivity contribution in [3.8, 4) is 0 Å². The second-order valence-corrected chi connectivity index (χ2v) is 5.17.